The molecule has 0 aliphatic rings. The minimum Gasteiger partial charge on any atom is -0.469 e. The van der Waals surface area contributed by atoms with Gasteiger partial charge < -0.3 is 30.4 Å². The molecule has 0 radical (unpaired) electrons. The number of aromatic amines is 1. The second-order valence-electron chi connectivity index (χ2n) is 11.5. The van der Waals surface area contributed by atoms with E-state index in [4.69, 9.17) is 9.47 Å². The predicted molar refractivity (Wildman–Crippen MR) is 156 cm³/mol. The molecule has 1 heterocycles. The summed E-state index contributed by atoms with van der Waals surface area (Å²) in [5, 5.41) is 9.12. The normalized spacial score (nSPS) is 13.1. The van der Waals surface area contributed by atoms with Crippen LogP contribution in [0.15, 0.2) is 60.8 Å². The molecule has 4 N–H and O–H groups in total. The number of para-hydroxylation sites is 1. The highest BCUT2D eigenvalue weighted by Crippen LogP contribution is 2.20. The monoisotopic (exact) mass is 564 g/mol. The number of rotatable bonds is 11. The van der Waals surface area contributed by atoms with Crippen molar-refractivity contribution in [3.63, 3.8) is 0 Å². The second-order valence-corrected chi connectivity index (χ2v) is 11.5. The van der Waals surface area contributed by atoms with Crippen LogP contribution in [0.25, 0.3) is 10.9 Å². The topological polar surface area (TPSA) is 139 Å². The summed E-state index contributed by atoms with van der Waals surface area (Å²) in [5.74, 6) is -2.12. The molecule has 41 heavy (non-hydrogen) atoms. The molecule has 2 aromatic carbocycles. The quantitative estimate of drug-likeness (QED) is 0.262. The van der Waals surface area contributed by atoms with Gasteiger partial charge in [0.2, 0.25) is 11.8 Å². The van der Waals surface area contributed by atoms with Gasteiger partial charge >= 0.3 is 12.1 Å². The van der Waals surface area contributed by atoms with Crippen molar-refractivity contribution < 1.29 is 28.7 Å². The summed E-state index contributed by atoms with van der Waals surface area (Å²) in [6, 6.07) is 16.1. The Morgan fingerprint density at radius 3 is 2.22 bits per heavy atom. The average molecular weight is 565 g/mol. The molecule has 0 spiro atoms. The zero-order valence-corrected chi connectivity index (χ0v) is 24.5. The standard InChI is InChI=1S/C31H40N4O6/c1-30(2,3)41-29(39)35-31(4,5)28(38)34-25(17-21-18-32-24-15-11-10-14-23(21)24)26(36)33-19-22(27(37)40-6)16-20-12-8-7-9-13-20/h7-15,18,22,25,32H,16-17,19H2,1-6H3,(H,33,36)(H,34,38)(H,35,39)/t22?,25-/m1/s1. The van der Waals surface area contributed by atoms with E-state index in [9.17, 15) is 19.2 Å². The number of fused-ring (bicyclic) bond motifs is 1. The molecule has 10 heteroatoms. The van der Waals surface area contributed by atoms with E-state index in [0.29, 0.717) is 6.42 Å². The summed E-state index contributed by atoms with van der Waals surface area (Å²) in [4.78, 5) is 55.0. The maximum atomic E-state index is 13.5. The maximum Gasteiger partial charge on any atom is 0.408 e. The first-order valence-electron chi connectivity index (χ1n) is 13.6. The van der Waals surface area contributed by atoms with Crippen LogP contribution < -0.4 is 16.0 Å². The number of benzene rings is 2. The fraction of sp³-hybridized carbons (Fsp3) is 0.419. The molecule has 0 bridgehead atoms. The molecule has 0 aliphatic carbocycles. The van der Waals surface area contributed by atoms with Crippen molar-refractivity contribution in [3.8, 4) is 0 Å². The van der Waals surface area contributed by atoms with Crippen molar-refractivity contribution in [2.75, 3.05) is 13.7 Å². The Kier molecular flexibility index (Phi) is 10.2. The number of hydrogen-bond acceptors (Lipinski definition) is 6. The second kappa shape index (κ2) is 13.3. The lowest BCUT2D eigenvalue weighted by atomic mass is 9.98. The summed E-state index contributed by atoms with van der Waals surface area (Å²) in [6.45, 7) is 8.24. The van der Waals surface area contributed by atoms with E-state index in [0.717, 1.165) is 22.0 Å². The van der Waals surface area contributed by atoms with Crippen LogP contribution in [0.5, 0.6) is 0 Å². The Morgan fingerprint density at radius 1 is 0.902 bits per heavy atom. The largest absolute Gasteiger partial charge is 0.469 e. The molecule has 10 nitrogen and oxygen atoms in total. The van der Waals surface area contributed by atoms with Gasteiger partial charge in [0, 0.05) is 30.1 Å². The van der Waals surface area contributed by atoms with E-state index >= 15 is 0 Å². The number of amides is 3. The molecule has 1 aromatic heterocycles. The smallest absolute Gasteiger partial charge is 0.408 e. The highest BCUT2D eigenvalue weighted by Gasteiger charge is 2.35. The van der Waals surface area contributed by atoms with E-state index in [2.05, 4.69) is 20.9 Å². The lowest BCUT2D eigenvalue weighted by Gasteiger charge is -2.29. The highest BCUT2D eigenvalue weighted by molar-refractivity contribution is 5.94. The molecule has 0 fully saturated rings. The number of carbonyl (C=O) groups excluding carboxylic acids is 4. The molecular formula is C31H40N4O6. The van der Waals surface area contributed by atoms with Gasteiger partial charge in [0.25, 0.3) is 0 Å². The molecule has 0 saturated carbocycles. The van der Waals surface area contributed by atoms with E-state index in [1.54, 1.807) is 27.0 Å². The summed E-state index contributed by atoms with van der Waals surface area (Å²) >= 11 is 0. The number of nitrogens with one attached hydrogen (secondary N) is 4. The molecule has 0 saturated heterocycles. The fourth-order valence-electron chi connectivity index (χ4n) is 4.33. The van der Waals surface area contributed by atoms with E-state index in [1.807, 2.05) is 54.6 Å². The van der Waals surface area contributed by atoms with Gasteiger partial charge in [0.15, 0.2) is 0 Å². The average Bonchev–Trinajstić information content (AvgIpc) is 3.31. The van der Waals surface area contributed by atoms with Crippen LogP contribution in [0.1, 0.15) is 45.7 Å². The van der Waals surface area contributed by atoms with E-state index in [1.165, 1.54) is 21.0 Å². The van der Waals surface area contributed by atoms with Gasteiger partial charge in [-0.2, -0.15) is 0 Å². The van der Waals surface area contributed by atoms with Crippen molar-refractivity contribution in [3.05, 3.63) is 71.9 Å². The van der Waals surface area contributed by atoms with Crippen molar-refractivity contribution in [2.24, 2.45) is 5.92 Å². The first-order valence-corrected chi connectivity index (χ1v) is 13.6. The SMILES string of the molecule is COC(=O)C(CNC(=O)[C@@H](Cc1c[nH]c2ccccc12)NC(=O)C(C)(C)NC(=O)OC(C)(C)C)Cc1ccccc1. The maximum absolute atomic E-state index is 13.5. The zero-order chi connectivity index (χ0) is 30.2. The Labute approximate surface area is 240 Å². The number of ether oxygens (including phenoxy) is 2. The summed E-state index contributed by atoms with van der Waals surface area (Å²) in [6.07, 6.45) is 1.59. The first-order chi connectivity index (χ1) is 19.3. The van der Waals surface area contributed by atoms with Crippen molar-refractivity contribution >= 4 is 34.8 Å². The van der Waals surface area contributed by atoms with Gasteiger partial charge in [-0.15, -0.1) is 0 Å². The minimum absolute atomic E-state index is 0.0141. The van der Waals surface area contributed by atoms with Crippen LogP contribution in [0.4, 0.5) is 4.79 Å². The number of carbonyl (C=O) groups is 4. The number of hydrogen-bond donors (Lipinski definition) is 4. The Balaban J connectivity index is 1.79. The molecular weight excluding hydrogens is 524 g/mol. The third kappa shape index (κ3) is 9.09. The Morgan fingerprint density at radius 2 is 1.56 bits per heavy atom. The van der Waals surface area contributed by atoms with Crippen LogP contribution in [0, 0.1) is 5.92 Å². The van der Waals surface area contributed by atoms with Gasteiger partial charge in [0.1, 0.15) is 17.2 Å². The number of alkyl carbamates (subject to hydrolysis) is 1. The van der Waals surface area contributed by atoms with Crippen molar-refractivity contribution in [1.82, 2.24) is 20.9 Å². The van der Waals surface area contributed by atoms with Crippen LogP contribution in [0.3, 0.4) is 0 Å². The fourth-order valence-corrected chi connectivity index (χ4v) is 4.33. The third-order valence-corrected chi connectivity index (χ3v) is 6.48. The Bertz CT molecular complexity index is 1360. The molecule has 3 amide bonds. The summed E-state index contributed by atoms with van der Waals surface area (Å²) < 4.78 is 10.3. The van der Waals surface area contributed by atoms with Crippen LogP contribution in [-0.2, 0) is 36.7 Å². The van der Waals surface area contributed by atoms with E-state index < -0.39 is 47.0 Å². The number of aromatic nitrogens is 1. The van der Waals surface area contributed by atoms with Gasteiger partial charge in [-0.1, -0.05) is 48.5 Å². The lowest BCUT2D eigenvalue weighted by molar-refractivity contribution is -0.145. The van der Waals surface area contributed by atoms with Crippen LogP contribution in [0.2, 0.25) is 0 Å². The van der Waals surface area contributed by atoms with E-state index in [-0.39, 0.29) is 13.0 Å². The van der Waals surface area contributed by atoms with Gasteiger partial charge in [-0.05, 0) is 58.2 Å². The minimum atomic E-state index is -1.39. The third-order valence-electron chi connectivity index (χ3n) is 6.48. The van der Waals surface area contributed by atoms with Crippen molar-refractivity contribution in [1.29, 1.82) is 0 Å². The summed E-state index contributed by atoms with van der Waals surface area (Å²) in [5.41, 5.74) is 0.518. The summed E-state index contributed by atoms with van der Waals surface area (Å²) in [7, 11) is 1.31. The predicted octanol–water partition coefficient (Wildman–Crippen LogP) is 3.65. The number of H-pyrrole nitrogens is 1. The van der Waals surface area contributed by atoms with Gasteiger partial charge in [0.05, 0.1) is 13.0 Å². The molecule has 220 valence electrons. The van der Waals surface area contributed by atoms with Crippen LogP contribution in [-0.4, -0.2) is 59.7 Å². The molecule has 3 aromatic rings. The molecule has 0 aliphatic heterocycles. The number of esters is 1. The highest BCUT2D eigenvalue weighted by atomic mass is 16.6. The lowest BCUT2D eigenvalue weighted by Crippen LogP contribution is -2.60. The Hall–Kier alpha value is -4.34. The van der Waals surface area contributed by atoms with Crippen LogP contribution >= 0.6 is 0 Å². The van der Waals surface area contributed by atoms with Gasteiger partial charge in [-0.25, -0.2) is 4.79 Å². The zero-order valence-electron chi connectivity index (χ0n) is 24.5. The van der Waals surface area contributed by atoms with Gasteiger partial charge in [-0.3, -0.25) is 14.4 Å². The first kappa shape index (κ1) is 31.2. The molecule has 3 rings (SSSR count). The van der Waals surface area contributed by atoms with Crippen molar-refractivity contribution in [2.45, 2.75) is 64.6 Å². The molecule has 2 atom stereocenters. The number of methoxy groups -OCH3 is 1. The molecule has 1 unspecified atom stereocenters.